The number of para-hydroxylation sites is 6. The Labute approximate surface area is 388 Å². The first-order valence-electron chi connectivity index (χ1n) is 23.6. The van der Waals surface area contributed by atoms with Gasteiger partial charge in [0.1, 0.15) is 22.3 Å². The van der Waals surface area contributed by atoms with E-state index >= 15 is 0 Å². The maximum atomic E-state index is 6.77. The summed E-state index contributed by atoms with van der Waals surface area (Å²) in [5.74, 6) is 0. The minimum atomic E-state index is -0.144. The van der Waals surface area contributed by atoms with E-state index in [0.29, 0.717) is 0 Å². The molecule has 0 amide bonds. The van der Waals surface area contributed by atoms with Crippen LogP contribution in [0.1, 0.15) is 0 Å². The molecule has 0 N–H and O–H groups in total. The van der Waals surface area contributed by atoms with Gasteiger partial charge >= 0.3 is 13.7 Å². The number of nitrogens with zero attached hydrogens (tertiary/aromatic N) is 4. The lowest BCUT2D eigenvalue weighted by atomic mass is 9.39. The van der Waals surface area contributed by atoms with Gasteiger partial charge in [0.05, 0.1) is 22.1 Å². The Hall–Kier alpha value is -8.87. The third-order valence-electron chi connectivity index (χ3n) is 16.0. The Kier molecular flexibility index (Phi) is 5.95. The van der Waals surface area contributed by atoms with Crippen molar-refractivity contribution in [3.05, 3.63) is 194 Å². The summed E-state index contributed by atoms with van der Waals surface area (Å²) in [5, 5.41) is 9.61. The molecule has 8 heteroatoms. The molecule has 0 atom stereocenters. The standard InChI is InChI=1S/C60H32B2N4O2/c1-3-15-33(16-4-1)63-45-32-46-56-53-54-57-39(35-19-7-11-23-43(35)65(57)61(55(45)53)41-27-29-49-51(59(41)63)37-21-9-13-25-47(37)67-49)31-40-36-20-8-12-24-44(36)66(58(40)54)62(56)42-28-30-50-52(38-22-10-14-26-48(38)68-50)60(42)64(46)34-17-5-2-6-18-34/h1-32H. The summed E-state index contributed by atoms with van der Waals surface area (Å²) >= 11 is 0. The van der Waals surface area contributed by atoms with Crippen LogP contribution in [0.5, 0.6) is 0 Å². The Morgan fingerprint density at radius 1 is 0.338 bits per heavy atom. The van der Waals surface area contributed by atoms with Gasteiger partial charge in [0.15, 0.2) is 0 Å². The Bertz CT molecular complexity index is 4370. The fraction of sp³-hybridized carbons (Fsp3) is 0. The van der Waals surface area contributed by atoms with Gasteiger partial charge in [-0.1, -0.05) is 121 Å². The van der Waals surface area contributed by atoms with Crippen LogP contribution in [0, 0.1) is 0 Å². The first-order chi connectivity index (χ1) is 33.8. The lowest BCUT2D eigenvalue weighted by Gasteiger charge is -2.47. The van der Waals surface area contributed by atoms with Crippen LogP contribution < -0.4 is 31.7 Å². The Balaban J connectivity index is 1.13. The normalized spacial score (nSPS) is 14.1. The van der Waals surface area contributed by atoms with Crippen LogP contribution in [-0.4, -0.2) is 22.7 Å². The molecule has 0 fully saturated rings. The van der Waals surface area contributed by atoms with E-state index < -0.39 is 0 Å². The molecule has 10 aromatic carbocycles. The van der Waals surface area contributed by atoms with Crippen molar-refractivity contribution >= 4 is 157 Å². The van der Waals surface area contributed by atoms with Crippen LogP contribution in [0.15, 0.2) is 203 Å². The molecule has 14 aromatic rings. The highest BCUT2D eigenvalue weighted by Gasteiger charge is 2.52. The third-order valence-corrected chi connectivity index (χ3v) is 16.0. The highest BCUT2D eigenvalue weighted by molar-refractivity contribution is 6.95. The first-order valence-corrected chi connectivity index (χ1v) is 23.6. The number of furan rings is 2. The molecule has 68 heavy (non-hydrogen) atoms. The average molecular weight is 863 g/mol. The molecule has 0 unspecified atom stereocenters. The van der Waals surface area contributed by atoms with Crippen molar-refractivity contribution in [2.24, 2.45) is 0 Å². The van der Waals surface area contributed by atoms with Crippen molar-refractivity contribution in [2.45, 2.75) is 0 Å². The summed E-state index contributed by atoms with van der Waals surface area (Å²) in [5.41, 5.74) is 23.3. The summed E-state index contributed by atoms with van der Waals surface area (Å²) < 4.78 is 19.0. The van der Waals surface area contributed by atoms with Gasteiger partial charge in [-0.25, -0.2) is 0 Å². The number of fused-ring (bicyclic) bond motifs is 20. The maximum Gasteiger partial charge on any atom is 0.333 e. The van der Waals surface area contributed by atoms with Crippen LogP contribution in [0.4, 0.5) is 34.1 Å². The fourth-order valence-corrected chi connectivity index (χ4v) is 13.6. The van der Waals surface area contributed by atoms with E-state index in [2.05, 4.69) is 213 Å². The molecule has 0 saturated heterocycles. The lowest BCUT2D eigenvalue weighted by Crippen LogP contribution is -2.63. The highest BCUT2D eigenvalue weighted by atomic mass is 16.3. The molecule has 4 aliphatic rings. The summed E-state index contributed by atoms with van der Waals surface area (Å²) in [7, 11) is 0. The molecule has 4 aromatic heterocycles. The van der Waals surface area contributed by atoms with E-state index in [1.54, 1.807) is 0 Å². The summed E-state index contributed by atoms with van der Waals surface area (Å²) in [6, 6.07) is 71.6. The van der Waals surface area contributed by atoms with E-state index in [-0.39, 0.29) is 13.7 Å². The second-order valence-electron chi connectivity index (χ2n) is 19.0. The predicted octanol–water partition coefficient (Wildman–Crippen LogP) is 12.9. The second kappa shape index (κ2) is 11.7. The number of anilines is 6. The van der Waals surface area contributed by atoms with Crippen LogP contribution in [0.25, 0.3) is 98.6 Å². The van der Waals surface area contributed by atoms with Crippen molar-refractivity contribution in [3.63, 3.8) is 0 Å². The van der Waals surface area contributed by atoms with Gasteiger partial charge < -0.3 is 27.6 Å². The van der Waals surface area contributed by atoms with Gasteiger partial charge in [-0.15, -0.1) is 0 Å². The largest absolute Gasteiger partial charge is 0.456 e. The molecule has 0 aliphatic carbocycles. The van der Waals surface area contributed by atoms with E-state index in [9.17, 15) is 0 Å². The number of benzene rings is 10. The zero-order valence-corrected chi connectivity index (χ0v) is 36.2. The van der Waals surface area contributed by atoms with Gasteiger partial charge in [0.2, 0.25) is 0 Å². The molecule has 0 spiro atoms. The van der Waals surface area contributed by atoms with Crippen molar-refractivity contribution in [1.82, 2.24) is 8.96 Å². The van der Waals surface area contributed by atoms with Gasteiger partial charge in [-0.2, -0.15) is 0 Å². The molecule has 6 nitrogen and oxygen atoms in total. The van der Waals surface area contributed by atoms with Gasteiger partial charge in [-0.05, 0) is 100 Å². The highest BCUT2D eigenvalue weighted by Crippen LogP contribution is 2.55. The summed E-state index contributed by atoms with van der Waals surface area (Å²) in [4.78, 5) is 5.14. The van der Waals surface area contributed by atoms with Crippen molar-refractivity contribution in [1.29, 1.82) is 0 Å². The summed E-state index contributed by atoms with van der Waals surface area (Å²) in [6.45, 7) is -0.289. The lowest BCUT2D eigenvalue weighted by molar-refractivity contribution is 0.668. The minimum Gasteiger partial charge on any atom is -0.456 e. The maximum absolute atomic E-state index is 6.77. The van der Waals surface area contributed by atoms with Crippen molar-refractivity contribution in [2.75, 3.05) is 9.80 Å². The molecule has 18 rings (SSSR count). The third kappa shape index (κ3) is 3.82. The van der Waals surface area contributed by atoms with E-state index in [1.807, 2.05) is 0 Å². The quantitative estimate of drug-likeness (QED) is 0.162. The fourth-order valence-electron chi connectivity index (χ4n) is 13.6. The van der Waals surface area contributed by atoms with E-state index in [0.717, 1.165) is 66.6 Å². The topological polar surface area (TPSA) is 42.6 Å². The molecular formula is C60H32B2N4O2. The number of aromatic nitrogens is 2. The smallest absolute Gasteiger partial charge is 0.333 e. The predicted molar refractivity (Wildman–Crippen MR) is 283 cm³/mol. The zero-order chi connectivity index (χ0) is 43.7. The molecular weight excluding hydrogens is 830 g/mol. The van der Waals surface area contributed by atoms with E-state index in [1.165, 1.54) is 88.0 Å². The van der Waals surface area contributed by atoms with Crippen molar-refractivity contribution < 1.29 is 8.83 Å². The van der Waals surface area contributed by atoms with Gasteiger partial charge in [0, 0.05) is 82.7 Å². The minimum absolute atomic E-state index is 0.144. The van der Waals surface area contributed by atoms with Crippen molar-refractivity contribution in [3.8, 4) is 11.1 Å². The molecule has 310 valence electrons. The van der Waals surface area contributed by atoms with Crippen LogP contribution in [0.2, 0.25) is 0 Å². The first kappa shape index (κ1) is 34.5. The SMILES string of the molecule is c1ccc(N2c3cc4c5c6c3B(c3ccc7oc8ccccc8c7c32)n2c3ccccc3c3cc7c8ccccc8n(c7c-6c32)B5c2ccc3oc5ccccc5c3c2N4c2ccccc2)cc1. The molecule has 0 radical (unpaired) electrons. The van der Waals surface area contributed by atoms with Crippen LogP contribution in [0.3, 0.4) is 0 Å². The number of hydrogen-bond donors (Lipinski definition) is 0. The molecule has 0 saturated carbocycles. The zero-order valence-electron chi connectivity index (χ0n) is 36.2. The Morgan fingerprint density at radius 2 is 0.765 bits per heavy atom. The average Bonchev–Trinajstić information content (AvgIpc) is 4.16. The van der Waals surface area contributed by atoms with Gasteiger partial charge in [0.25, 0.3) is 0 Å². The van der Waals surface area contributed by atoms with E-state index in [4.69, 9.17) is 8.83 Å². The second-order valence-corrected chi connectivity index (χ2v) is 19.0. The number of hydrogen-bond acceptors (Lipinski definition) is 4. The Morgan fingerprint density at radius 3 is 1.25 bits per heavy atom. The van der Waals surface area contributed by atoms with Gasteiger partial charge in [-0.3, -0.25) is 0 Å². The van der Waals surface area contributed by atoms with Crippen LogP contribution in [-0.2, 0) is 0 Å². The monoisotopic (exact) mass is 862 g/mol. The molecule has 8 heterocycles. The molecule has 4 aliphatic heterocycles. The van der Waals surface area contributed by atoms with Crippen LogP contribution >= 0.6 is 0 Å². The molecule has 0 bridgehead atoms. The summed E-state index contributed by atoms with van der Waals surface area (Å²) in [6.07, 6.45) is 0. The number of rotatable bonds is 2.